The van der Waals surface area contributed by atoms with E-state index in [2.05, 4.69) is 285 Å². The number of anilines is 3. The van der Waals surface area contributed by atoms with Crippen molar-refractivity contribution in [2.45, 2.75) is 9.79 Å². The van der Waals surface area contributed by atoms with Gasteiger partial charge in [0.25, 0.3) is 0 Å². The van der Waals surface area contributed by atoms with Crippen LogP contribution in [0.5, 0.6) is 0 Å². The summed E-state index contributed by atoms with van der Waals surface area (Å²) in [6.45, 7) is -0.0591. The molecule has 0 saturated heterocycles. The van der Waals surface area contributed by atoms with Gasteiger partial charge in [-0.25, -0.2) is 0 Å². The summed E-state index contributed by atoms with van der Waals surface area (Å²) in [6.07, 6.45) is 0. The lowest BCUT2D eigenvalue weighted by Crippen LogP contribution is -2.60. The molecule has 0 aliphatic carbocycles. The fourth-order valence-corrected chi connectivity index (χ4v) is 18.3. The molecule has 15 aromatic rings. The lowest BCUT2D eigenvalue weighted by molar-refractivity contribution is 1.16. The van der Waals surface area contributed by atoms with Gasteiger partial charge >= 0.3 is 0 Å². The van der Waals surface area contributed by atoms with E-state index in [0.717, 1.165) is 0 Å². The first-order valence-electron chi connectivity index (χ1n) is 30.0. The van der Waals surface area contributed by atoms with Gasteiger partial charge in [-0.3, -0.25) is 0 Å². The maximum Gasteiger partial charge on any atom is 0.249 e. The molecular formula is C72H51B9N2S3. The summed E-state index contributed by atoms with van der Waals surface area (Å²) in [6, 6.07) is 81.0. The highest BCUT2D eigenvalue weighted by atomic mass is 32.2. The van der Waals surface area contributed by atoms with Crippen LogP contribution < -0.4 is 65.0 Å². The molecule has 5 heterocycles. The Bertz CT molecular complexity index is 5330. The Morgan fingerprint density at radius 1 is 0.326 bits per heavy atom. The number of hydrogen-bond donors (Lipinski definition) is 0. The van der Waals surface area contributed by atoms with E-state index >= 15 is 0 Å². The SMILES string of the molecule is Bc1c(B)c(B)c2c(c1B)c1c(B)c(B)c(B)c(B)c1n2-c1cc2c3c(c1)N(c1c(-c4ccccc4)cccc1-c1ccccc1)c1cc(-c4ccc5sc6ccccc6c5c4)ccc1B3c1ccc(-c3ccc4sc5ccccc5c4c3)cc1S2. The summed E-state index contributed by atoms with van der Waals surface area (Å²) >= 11 is 5.71. The average Bonchev–Trinajstić information content (AvgIpc) is 1.32. The maximum absolute atomic E-state index is 2.70. The highest BCUT2D eigenvalue weighted by Crippen LogP contribution is 2.51. The normalized spacial score (nSPS) is 12.7. The molecule has 0 radical (unpaired) electrons. The lowest BCUT2D eigenvalue weighted by Gasteiger charge is -2.42. The van der Waals surface area contributed by atoms with Gasteiger partial charge in [-0.05, 0) is 116 Å². The Balaban J connectivity index is 1.00. The molecule has 86 heavy (non-hydrogen) atoms. The number of benzene rings is 12. The predicted octanol–water partition coefficient (Wildman–Crippen LogP) is 5.02. The van der Waals surface area contributed by atoms with Crippen LogP contribution in [0.4, 0.5) is 17.1 Å². The predicted molar refractivity (Wildman–Crippen MR) is 404 cm³/mol. The molecule has 0 bridgehead atoms. The monoisotopic (exact) mass is 1140 g/mol. The second-order valence-corrected chi connectivity index (χ2v) is 27.4. The maximum atomic E-state index is 2.70. The zero-order chi connectivity index (χ0) is 58.0. The minimum absolute atomic E-state index is 0.0591. The minimum atomic E-state index is -0.0591. The molecular weight excluding hydrogens is 1090 g/mol. The Morgan fingerprint density at radius 2 is 0.791 bits per heavy atom. The van der Waals surface area contributed by atoms with Gasteiger partial charge in [-0.1, -0.05) is 202 Å². The molecule has 14 heteroatoms. The number of para-hydroxylation sites is 1. The average molecular weight is 1140 g/mol. The third-order valence-electron chi connectivity index (χ3n) is 19.9. The first-order valence-corrected chi connectivity index (χ1v) is 32.5. The molecule has 0 amide bonds. The number of thiophene rings is 2. The lowest BCUT2D eigenvalue weighted by atomic mass is 9.34. The Hall–Kier alpha value is -8.39. The van der Waals surface area contributed by atoms with Crippen LogP contribution in [0, 0.1) is 0 Å². The van der Waals surface area contributed by atoms with Crippen molar-refractivity contribution < 1.29 is 0 Å². The van der Waals surface area contributed by atoms with Crippen molar-refractivity contribution in [2.75, 3.05) is 4.90 Å². The smallest absolute Gasteiger partial charge is 0.249 e. The van der Waals surface area contributed by atoms with Gasteiger partial charge < -0.3 is 9.47 Å². The summed E-state index contributed by atoms with van der Waals surface area (Å²) in [4.78, 5) is 5.28. The standard InChI is InChI=1S/C72H51B9N2S3/c73-61-59-60-62(74)64(76)66(78)68(80)72(60)82(71(59)67(79)65(77)63(61)75)42-34-52-69-58(35-42)86-57-33-41(39-25-29-56-48(31-39)46-17-8-10-21-54(46)85-56)23-27-50(57)81(69)49-26-22-40(38-24-28-55-47(30-38)45-16-7-9-20-53(45)84-55)32-51(49)83(52)70-43(36-12-3-1-4-13-36)18-11-19-44(70)37-14-5-2-6-15-37/h1-35H,73-80H2. The van der Waals surface area contributed by atoms with Gasteiger partial charge in [0.1, 0.15) is 62.8 Å². The van der Waals surface area contributed by atoms with Crippen LogP contribution in [-0.2, 0) is 0 Å². The number of hydrogen-bond acceptors (Lipinski definition) is 4. The van der Waals surface area contributed by atoms with Crippen molar-refractivity contribution in [3.05, 3.63) is 212 Å². The fourth-order valence-electron chi connectivity index (χ4n) is 14.9. The van der Waals surface area contributed by atoms with Gasteiger partial charge in [-0.2, -0.15) is 0 Å². The molecule has 2 aliphatic rings. The zero-order valence-corrected chi connectivity index (χ0v) is 51.9. The summed E-state index contributed by atoms with van der Waals surface area (Å²) in [5, 5.41) is 7.99. The number of aromatic nitrogens is 1. The van der Waals surface area contributed by atoms with E-state index < -0.39 is 0 Å². The van der Waals surface area contributed by atoms with Gasteiger partial charge in [0.05, 0.1) is 5.69 Å². The molecule has 2 aliphatic heterocycles. The van der Waals surface area contributed by atoms with E-state index in [9.17, 15) is 0 Å². The van der Waals surface area contributed by atoms with Crippen LogP contribution in [0.25, 0.3) is 112 Å². The molecule has 0 atom stereocenters. The van der Waals surface area contributed by atoms with E-state index in [1.165, 1.54) is 199 Å². The summed E-state index contributed by atoms with van der Waals surface area (Å²) in [5.74, 6) is 0. The minimum Gasteiger partial charge on any atom is -0.310 e. The topological polar surface area (TPSA) is 8.17 Å². The Labute approximate surface area is 521 Å². The highest BCUT2D eigenvalue weighted by molar-refractivity contribution is 8.00. The molecule has 394 valence electrons. The number of nitrogens with zero attached hydrogens (tertiary/aromatic N) is 2. The van der Waals surface area contributed by atoms with Crippen LogP contribution in [0.1, 0.15) is 0 Å². The van der Waals surface area contributed by atoms with Crippen molar-refractivity contribution in [1.29, 1.82) is 0 Å². The van der Waals surface area contributed by atoms with Crippen molar-refractivity contribution in [3.63, 3.8) is 0 Å². The summed E-state index contributed by atoms with van der Waals surface area (Å²) in [7, 11) is 18.8. The molecule has 0 N–H and O–H groups in total. The molecule has 0 saturated carbocycles. The number of fused-ring (bicyclic) bond motifs is 13. The second kappa shape index (κ2) is 19.6. The Kier molecular flexibility index (Phi) is 11.8. The molecule has 0 fully saturated rings. The van der Waals surface area contributed by atoms with Gasteiger partial charge in [-0.15, -0.1) is 33.6 Å². The molecule has 12 aromatic carbocycles. The number of rotatable bonds is 6. The molecule has 0 unspecified atom stereocenters. The van der Waals surface area contributed by atoms with Crippen molar-refractivity contribution in [1.82, 2.24) is 4.57 Å². The molecule has 17 rings (SSSR count). The van der Waals surface area contributed by atoms with Crippen LogP contribution >= 0.6 is 34.4 Å². The first-order chi connectivity index (χ1) is 42.0. The quantitative estimate of drug-likeness (QED) is 0.217. The van der Waals surface area contributed by atoms with E-state index in [4.69, 9.17) is 0 Å². The summed E-state index contributed by atoms with van der Waals surface area (Å²) < 4.78 is 7.97. The van der Waals surface area contributed by atoms with Gasteiger partial charge in [0.2, 0.25) is 6.71 Å². The van der Waals surface area contributed by atoms with Gasteiger partial charge in [0, 0.05) is 89.4 Å². The van der Waals surface area contributed by atoms with Gasteiger partial charge in [0.15, 0.2) is 0 Å². The van der Waals surface area contributed by atoms with Crippen LogP contribution in [0.15, 0.2) is 222 Å². The van der Waals surface area contributed by atoms with E-state index in [1.54, 1.807) is 0 Å². The highest BCUT2D eigenvalue weighted by Gasteiger charge is 2.43. The van der Waals surface area contributed by atoms with Crippen LogP contribution in [0.2, 0.25) is 0 Å². The van der Waals surface area contributed by atoms with Crippen molar-refractivity contribution in [2.24, 2.45) is 0 Å². The summed E-state index contributed by atoms with van der Waals surface area (Å²) in [5.41, 5.74) is 31.8. The largest absolute Gasteiger partial charge is 0.310 e. The van der Waals surface area contributed by atoms with Crippen LogP contribution in [-0.4, -0.2) is 74.1 Å². The Morgan fingerprint density at radius 3 is 1.35 bits per heavy atom. The van der Waals surface area contributed by atoms with E-state index in [1.807, 2.05) is 34.4 Å². The van der Waals surface area contributed by atoms with Crippen molar-refractivity contribution in [3.8, 4) is 50.2 Å². The molecule has 3 aromatic heterocycles. The van der Waals surface area contributed by atoms with Crippen LogP contribution in [0.3, 0.4) is 0 Å². The zero-order valence-electron chi connectivity index (χ0n) is 49.4. The molecule has 2 nitrogen and oxygen atoms in total. The molecule has 0 spiro atoms. The fraction of sp³-hybridized carbons (Fsp3) is 0. The van der Waals surface area contributed by atoms with Crippen molar-refractivity contribution >= 4 is 243 Å². The van der Waals surface area contributed by atoms with E-state index in [-0.39, 0.29) is 6.71 Å². The first kappa shape index (κ1) is 52.0. The third-order valence-corrected chi connectivity index (χ3v) is 23.3. The van der Waals surface area contributed by atoms with E-state index in [0.29, 0.717) is 0 Å². The third kappa shape index (κ3) is 7.58. The second-order valence-electron chi connectivity index (χ2n) is 24.1.